The smallest absolute Gasteiger partial charge is 0.233 e. The standard InChI is InChI=1S/C15H24N2O2S/c1-10(2)7-8-17-15(18)11(3)20-14-9-12(19-4)5-6-13(14)16/h5-6,9-11H,7-8,16H2,1-4H3,(H,17,18). The molecular weight excluding hydrogens is 272 g/mol. The fourth-order valence-electron chi connectivity index (χ4n) is 1.62. The van der Waals surface area contributed by atoms with Crippen molar-refractivity contribution in [1.29, 1.82) is 0 Å². The summed E-state index contributed by atoms with van der Waals surface area (Å²) < 4.78 is 5.17. The molecule has 1 aromatic carbocycles. The third kappa shape index (κ3) is 5.33. The molecule has 20 heavy (non-hydrogen) atoms. The Hall–Kier alpha value is -1.36. The SMILES string of the molecule is COc1ccc(N)c(SC(C)C(=O)NCCC(C)C)c1. The Morgan fingerprint density at radius 3 is 2.70 bits per heavy atom. The summed E-state index contributed by atoms with van der Waals surface area (Å²) in [5.41, 5.74) is 6.59. The Balaban J connectivity index is 2.56. The van der Waals surface area contributed by atoms with Gasteiger partial charge in [-0.3, -0.25) is 4.79 Å². The molecule has 0 radical (unpaired) electrons. The number of carbonyl (C=O) groups is 1. The second kappa shape index (κ2) is 8.04. The van der Waals surface area contributed by atoms with Gasteiger partial charge < -0.3 is 15.8 Å². The van der Waals surface area contributed by atoms with E-state index in [0.29, 0.717) is 11.6 Å². The first-order valence-corrected chi connectivity index (χ1v) is 7.70. The number of nitrogens with one attached hydrogen (secondary N) is 1. The second-order valence-electron chi connectivity index (χ2n) is 5.14. The van der Waals surface area contributed by atoms with Gasteiger partial charge in [-0.15, -0.1) is 11.8 Å². The molecule has 1 amide bonds. The second-order valence-corrected chi connectivity index (χ2v) is 6.52. The molecule has 3 N–H and O–H groups in total. The lowest BCUT2D eigenvalue weighted by atomic mass is 10.1. The van der Waals surface area contributed by atoms with Crippen LogP contribution < -0.4 is 15.8 Å². The van der Waals surface area contributed by atoms with Crippen LogP contribution in [0.1, 0.15) is 27.2 Å². The average Bonchev–Trinajstić information content (AvgIpc) is 2.40. The molecule has 112 valence electrons. The van der Waals surface area contributed by atoms with Gasteiger partial charge in [-0.2, -0.15) is 0 Å². The zero-order valence-corrected chi connectivity index (χ0v) is 13.4. The number of amides is 1. The highest BCUT2D eigenvalue weighted by molar-refractivity contribution is 8.00. The number of benzene rings is 1. The van der Waals surface area contributed by atoms with E-state index in [1.807, 2.05) is 19.1 Å². The predicted octanol–water partition coefficient (Wildman–Crippen LogP) is 2.92. The molecule has 1 atom stereocenters. The number of nitrogen functional groups attached to an aromatic ring is 1. The minimum absolute atomic E-state index is 0.0397. The summed E-state index contributed by atoms with van der Waals surface area (Å²) >= 11 is 1.45. The highest BCUT2D eigenvalue weighted by Gasteiger charge is 2.15. The average molecular weight is 296 g/mol. The third-order valence-electron chi connectivity index (χ3n) is 2.91. The van der Waals surface area contributed by atoms with Crippen LogP contribution in [-0.4, -0.2) is 24.8 Å². The number of hydrogen-bond acceptors (Lipinski definition) is 4. The molecule has 1 aromatic rings. The first-order chi connectivity index (χ1) is 9.43. The van der Waals surface area contributed by atoms with Gasteiger partial charge in [-0.05, 0) is 37.5 Å². The number of nitrogens with two attached hydrogens (primary N) is 1. The number of carbonyl (C=O) groups excluding carboxylic acids is 1. The van der Waals surface area contributed by atoms with Crippen molar-refractivity contribution in [2.75, 3.05) is 19.4 Å². The number of hydrogen-bond donors (Lipinski definition) is 2. The molecular formula is C15H24N2O2S. The molecule has 0 bridgehead atoms. The number of anilines is 1. The van der Waals surface area contributed by atoms with Crippen LogP contribution in [0.25, 0.3) is 0 Å². The summed E-state index contributed by atoms with van der Waals surface area (Å²) in [4.78, 5) is 12.9. The maximum absolute atomic E-state index is 12.0. The molecule has 0 aliphatic heterocycles. The molecule has 0 saturated heterocycles. The highest BCUT2D eigenvalue weighted by atomic mass is 32.2. The molecule has 0 spiro atoms. The molecule has 5 heteroatoms. The Morgan fingerprint density at radius 1 is 1.40 bits per heavy atom. The lowest BCUT2D eigenvalue weighted by Crippen LogP contribution is -2.32. The Bertz CT molecular complexity index is 449. The van der Waals surface area contributed by atoms with E-state index in [1.165, 1.54) is 11.8 Å². The van der Waals surface area contributed by atoms with E-state index in [4.69, 9.17) is 10.5 Å². The van der Waals surface area contributed by atoms with Crippen molar-refractivity contribution in [3.8, 4) is 5.75 Å². The first kappa shape index (κ1) is 16.7. The van der Waals surface area contributed by atoms with E-state index in [0.717, 1.165) is 23.6 Å². The number of thioether (sulfide) groups is 1. The molecule has 0 saturated carbocycles. The lowest BCUT2D eigenvalue weighted by molar-refractivity contribution is -0.120. The number of ether oxygens (including phenoxy) is 1. The zero-order valence-electron chi connectivity index (χ0n) is 12.6. The maximum atomic E-state index is 12.0. The summed E-state index contributed by atoms with van der Waals surface area (Å²) in [6.07, 6.45) is 0.991. The summed E-state index contributed by atoms with van der Waals surface area (Å²) in [5, 5.41) is 2.77. The third-order valence-corrected chi connectivity index (χ3v) is 4.09. The van der Waals surface area contributed by atoms with Gasteiger partial charge >= 0.3 is 0 Å². The highest BCUT2D eigenvalue weighted by Crippen LogP contribution is 2.32. The molecule has 0 heterocycles. The number of rotatable bonds is 7. The van der Waals surface area contributed by atoms with Crippen LogP contribution in [0.4, 0.5) is 5.69 Å². The molecule has 1 unspecified atom stereocenters. The topological polar surface area (TPSA) is 64.3 Å². The molecule has 0 fully saturated rings. The van der Waals surface area contributed by atoms with Crippen molar-refractivity contribution in [1.82, 2.24) is 5.32 Å². The quantitative estimate of drug-likeness (QED) is 0.600. The van der Waals surface area contributed by atoms with Crippen LogP contribution in [0.3, 0.4) is 0 Å². The first-order valence-electron chi connectivity index (χ1n) is 6.82. The normalized spacial score (nSPS) is 12.2. The minimum Gasteiger partial charge on any atom is -0.497 e. The fraction of sp³-hybridized carbons (Fsp3) is 0.533. The molecule has 4 nitrogen and oxygen atoms in total. The van der Waals surface area contributed by atoms with Crippen LogP contribution in [0, 0.1) is 5.92 Å². The largest absolute Gasteiger partial charge is 0.497 e. The number of methoxy groups -OCH3 is 1. The molecule has 0 aliphatic carbocycles. The van der Waals surface area contributed by atoms with E-state index < -0.39 is 0 Å². The van der Waals surface area contributed by atoms with Gasteiger partial charge in [0.25, 0.3) is 0 Å². The van der Waals surface area contributed by atoms with Crippen molar-refractivity contribution < 1.29 is 9.53 Å². The van der Waals surface area contributed by atoms with Crippen LogP contribution in [0.5, 0.6) is 5.75 Å². The summed E-state index contributed by atoms with van der Waals surface area (Å²) in [5.74, 6) is 1.37. The molecule has 0 aromatic heterocycles. The van der Waals surface area contributed by atoms with Crippen LogP contribution >= 0.6 is 11.8 Å². The van der Waals surface area contributed by atoms with E-state index in [2.05, 4.69) is 19.2 Å². The van der Waals surface area contributed by atoms with Gasteiger partial charge in [0, 0.05) is 17.1 Å². The maximum Gasteiger partial charge on any atom is 0.233 e. The van der Waals surface area contributed by atoms with Crippen molar-refractivity contribution >= 4 is 23.4 Å². The lowest BCUT2D eigenvalue weighted by Gasteiger charge is -2.14. The van der Waals surface area contributed by atoms with E-state index >= 15 is 0 Å². The van der Waals surface area contributed by atoms with Crippen LogP contribution in [0.15, 0.2) is 23.1 Å². The van der Waals surface area contributed by atoms with Crippen molar-refractivity contribution in [3.63, 3.8) is 0 Å². The van der Waals surface area contributed by atoms with Crippen molar-refractivity contribution in [3.05, 3.63) is 18.2 Å². The van der Waals surface area contributed by atoms with Gasteiger partial charge in [-0.25, -0.2) is 0 Å². The Labute approximate surface area is 125 Å². The van der Waals surface area contributed by atoms with E-state index in [-0.39, 0.29) is 11.2 Å². The Kier molecular flexibility index (Phi) is 6.71. The van der Waals surface area contributed by atoms with Gasteiger partial charge in [0.2, 0.25) is 5.91 Å². The van der Waals surface area contributed by atoms with Crippen LogP contribution in [-0.2, 0) is 4.79 Å². The molecule has 0 aliphatic rings. The summed E-state index contributed by atoms with van der Waals surface area (Å²) in [6.45, 7) is 6.88. The monoisotopic (exact) mass is 296 g/mol. The Morgan fingerprint density at radius 2 is 2.10 bits per heavy atom. The van der Waals surface area contributed by atoms with E-state index in [1.54, 1.807) is 13.2 Å². The van der Waals surface area contributed by atoms with Crippen LogP contribution in [0.2, 0.25) is 0 Å². The van der Waals surface area contributed by atoms with Gasteiger partial charge in [-0.1, -0.05) is 13.8 Å². The van der Waals surface area contributed by atoms with Crippen molar-refractivity contribution in [2.24, 2.45) is 5.92 Å². The predicted molar refractivity (Wildman–Crippen MR) is 85.2 cm³/mol. The summed E-state index contributed by atoms with van der Waals surface area (Å²) in [7, 11) is 1.61. The fourth-order valence-corrected chi connectivity index (χ4v) is 2.58. The van der Waals surface area contributed by atoms with Crippen molar-refractivity contribution in [2.45, 2.75) is 37.3 Å². The molecule has 1 rings (SSSR count). The van der Waals surface area contributed by atoms with Gasteiger partial charge in [0.15, 0.2) is 0 Å². The summed E-state index contributed by atoms with van der Waals surface area (Å²) in [6, 6.07) is 5.47. The van der Waals surface area contributed by atoms with Gasteiger partial charge in [0.05, 0.1) is 12.4 Å². The van der Waals surface area contributed by atoms with E-state index in [9.17, 15) is 4.79 Å². The van der Waals surface area contributed by atoms with Gasteiger partial charge in [0.1, 0.15) is 5.75 Å². The zero-order chi connectivity index (χ0) is 15.1. The minimum atomic E-state index is -0.184.